The number of hydrogen-bond acceptors (Lipinski definition) is 4. The second-order valence-corrected chi connectivity index (χ2v) is 6.25. The van der Waals surface area contributed by atoms with E-state index in [2.05, 4.69) is 20.4 Å². The molecule has 22 heavy (non-hydrogen) atoms. The van der Waals surface area contributed by atoms with Crippen molar-refractivity contribution in [2.24, 2.45) is 5.92 Å². The number of pyridine rings is 1. The van der Waals surface area contributed by atoms with Crippen molar-refractivity contribution in [3.05, 3.63) is 51.9 Å². The smallest absolute Gasteiger partial charge is 0.154 e. The molecule has 3 rings (SSSR count). The van der Waals surface area contributed by atoms with E-state index in [1.807, 2.05) is 19.9 Å². The van der Waals surface area contributed by atoms with Crippen molar-refractivity contribution in [1.29, 1.82) is 0 Å². The standard InChI is InChI=1S/C15H14Cl2N4O/c1-8(2)15(22,14-7-18-21-20-14)13-4-3-9-5-10(16)11(17)6-12(9)19-13/h3-8,22H,1-2H3,(H,18,20,21). The molecule has 0 saturated heterocycles. The van der Waals surface area contributed by atoms with Gasteiger partial charge in [-0.15, -0.1) is 0 Å². The zero-order valence-electron chi connectivity index (χ0n) is 12.0. The molecule has 0 fully saturated rings. The van der Waals surface area contributed by atoms with E-state index in [0.717, 1.165) is 5.39 Å². The number of fused-ring (bicyclic) bond motifs is 1. The number of aromatic nitrogens is 4. The highest BCUT2D eigenvalue weighted by Gasteiger charge is 2.39. The van der Waals surface area contributed by atoms with Crippen molar-refractivity contribution in [2.75, 3.05) is 0 Å². The maximum atomic E-state index is 11.2. The first-order valence-corrected chi connectivity index (χ1v) is 7.53. The van der Waals surface area contributed by atoms with Crippen molar-refractivity contribution >= 4 is 34.1 Å². The van der Waals surface area contributed by atoms with Crippen LogP contribution in [0.5, 0.6) is 0 Å². The van der Waals surface area contributed by atoms with Crippen LogP contribution < -0.4 is 0 Å². The van der Waals surface area contributed by atoms with Crippen molar-refractivity contribution in [1.82, 2.24) is 20.4 Å². The van der Waals surface area contributed by atoms with Gasteiger partial charge >= 0.3 is 0 Å². The van der Waals surface area contributed by atoms with Gasteiger partial charge in [-0.25, -0.2) is 4.98 Å². The molecule has 2 aromatic heterocycles. The van der Waals surface area contributed by atoms with Crippen LogP contribution in [-0.2, 0) is 5.60 Å². The summed E-state index contributed by atoms with van der Waals surface area (Å²) >= 11 is 12.1. The van der Waals surface area contributed by atoms with Crippen LogP contribution in [0.4, 0.5) is 0 Å². The highest BCUT2D eigenvalue weighted by Crippen LogP contribution is 2.35. The Morgan fingerprint density at radius 2 is 1.86 bits per heavy atom. The van der Waals surface area contributed by atoms with Crippen LogP contribution in [0, 0.1) is 5.92 Å². The van der Waals surface area contributed by atoms with Gasteiger partial charge in [0.1, 0.15) is 5.69 Å². The van der Waals surface area contributed by atoms with Crippen LogP contribution in [0.15, 0.2) is 30.5 Å². The summed E-state index contributed by atoms with van der Waals surface area (Å²) in [5.74, 6) is -0.148. The number of halogens is 2. The molecule has 0 aliphatic rings. The Morgan fingerprint density at radius 1 is 1.14 bits per heavy atom. The number of aromatic amines is 1. The molecule has 0 saturated carbocycles. The number of nitrogens with zero attached hydrogens (tertiary/aromatic N) is 3. The molecule has 1 atom stereocenters. The molecule has 5 nitrogen and oxygen atoms in total. The van der Waals surface area contributed by atoms with Gasteiger partial charge in [0.25, 0.3) is 0 Å². The summed E-state index contributed by atoms with van der Waals surface area (Å²) in [5.41, 5.74) is 0.235. The van der Waals surface area contributed by atoms with E-state index in [4.69, 9.17) is 23.2 Å². The maximum Gasteiger partial charge on any atom is 0.154 e. The van der Waals surface area contributed by atoms with E-state index < -0.39 is 5.60 Å². The lowest BCUT2D eigenvalue weighted by Gasteiger charge is -2.29. The Balaban J connectivity index is 2.21. The number of H-pyrrole nitrogens is 1. The first kappa shape index (κ1) is 15.2. The molecular weight excluding hydrogens is 323 g/mol. The van der Waals surface area contributed by atoms with E-state index in [0.29, 0.717) is 26.9 Å². The zero-order valence-corrected chi connectivity index (χ0v) is 13.5. The fourth-order valence-corrected chi connectivity index (χ4v) is 2.77. The van der Waals surface area contributed by atoms with Crippen molar-refractivity contribution in [3.63, 3.8) is 0 Å². The predicted octanol–water partition coefficient (Wildman–Crippen LogP) is 3.55. The Labute approximate surface area is 137 Å². The minimum Gasteiger partial charge on any atom is -0.377 e. The van der Waals surface area contributed by atoms with E-state index in [9.17, 15) is 5.11 Å². The van der Waals surface area contributed by atoms with Crippen LogP contribution in [0.25, 0.3) is 10.9 Å². The summed E-state index contributed by atoms with van der Waals surface area (Å²) < 4.78 is 0. The van der Waals surface area contributed by atoms with Crippen LogP contribution in [-0.4, -0.2) is 25.5 Å². The van der Waals surface area contributed by atoms with Gasteiger partial charge in [0.15, 0.2) is 5.60 Å². The van der Waals surface area contributed by atoms with E-state index in [-0.39, 0.29) is 5.92 Å². The topological polar surface area (TPSA) is 74.7 Å². The zero-order chi connectivity index (χ0) is 15.9. The van der Waals surface area contributed by atoms with Gasteiger partial charge in [0.05, 0.1) is 27.5 Å². The van der Waals surface area contributed by atoms with E-state index in [1.54, 1.807) is 18.2 Å². The summed E-state index contributed by atoms with van der Waals surface area (Å²) in [5, 5.41) is 23.2. The highest BCUT2D eigenvalue weighted by molar-refractivity contribution is 6.42. The third-order valence-corrected chi connectivity index (χ3v) is 4.48. The summed E-state index contributed by atoms with van der Waals surface area (Å²) in [6.07, 6.45) is 1.50. The van der Waals surface area contributed by atoms with E-state index in [1.165, 1.54) is 6.20 Å². The predicted molar refractivity (Wildman–Crippen MR) is 86.0 cm³/mol. The van der Waals surface area contributed by atoms with Gasteiger partial charge in [0.2, 0.25) is 0 Å². The second kappa shape index (κ2) is 5.50. The first-order valence-electron chi connectivity index (χ1n) is 6.78. The lowest BCUT2D eigenvalue weighted by Crippen LogP contribution is -2.35. The van der Waals surface area contributed by atoms with Gasteiger partial charge in [-0.1, -0.05) is 43.1 Å². The summed E-state index contributed by atoms with van der Waals surface area (Å²) in [6, 6.07) is 7.06. The van der Waals surface area contributed by atoms with Crippen molar-refractivity contribution in [3.8, 4) is 0 Å². The number of nitrogens with one attached hydrogen (secondary N) is 1. The molecule has 2 N–H and O–H groups in total. The van der Waals surface area contributed by atoms with Gasteiger partial charge < -0.3 is 5.11 Å². The molecule has 7 heteroatoms. The third kappa shape index (κ3) is 2.35. The molecule has 114 valence electrons. The average molecular weight is 337 g/mol. The fourth-order valence-electron chi connectivity index (χ4n) is 2.44. The number of hydrogen-bond donors (Lipinski definition) is 2. The number of rotatable bonds is 3. The van der Waals surface area contributed by atoms with Gasteiger partial charge in [0, 0.05) is 5.39 Å². The summed E-state index contributed by atoms with van der Waals surface area (Å²) in [4.78, 5) is 4.55. The Hall–Kier alpha value is -1.69. The molecule has 3 aromatic rings. The average Bonchev–Trinajstić information content (AvgIpc) is 3.01. The monoisotopic (exact) mass is 336 g/mol. The molecule has 0 aliphatic carbocycles. The molecule has 1 unspecified atom stereocenters. The maximum absolute atomic E-state index is 11.2. The van der Waals surface area contributed by atoms with Gasteiger partial charge in [-0.2, -0.15) is 15.4 Å². The molecule has 1 aromatic carbocycles. The number of aliphatic hydroxyl groups is 1. The largest absolute Gasteiger partial charge is 0.377 e. The third-order valence-electron chi connectivity index (χ3n) is 3.76. The SMILES string of the molecule is CC(C)C(O)(c1cn[nH]n1)c1ccc2cc(Cl)c(Cl)cc2n1. The van der Waals surface area contributed by atoms with Crippen LogP contribution in [0.1, 0.15) is 25.2 Å². The molecular formula is C15H14Cl2N4O. The van der Waals surface area contributed by atoms with Gasteiger partial charge in [-0.05, 0) is 24.1 Å². The first-order chi connectivity index (χ1) is 10.4. The fraction of sp³-hybridized carbons (Fsp3) is 0.267. The van der Waals surface area contributed by atoms with Crippen molar-refractivity contribution < 1.29 is 5.11 Å². The Bertz CT molecular complexity index is 820. The van der Waals surface area contributed by atoms with E-state index >= 15 is 0 Å². The highest BCUT2D eigenvalue weighted by atomic mass is 35.5. The molecule has 0 spiro atoms. The molecule has 0 bridgehead atoms. The minimum absolute atomic E-state index is 0.148. The quantitative estimate of drug-likeness (QED) is 0.766. The van der Waals surface area contributed by atoms with Crippen LogP contribution in [0.3, 0.4) is 0 Å². The van der Waals surface area contributed by atoms with Gasteiger partial charge in [-0.3, -0.25) is 0 Å². The Morgan fingerprint density at radius 3 is 2.50 bits per heavy atom. The normalized spacial score (nSPS) is 14.5. The van der Waals surface area contributed by atoms with Crippen molar-refractivity contribution in [2.45, 2.75) is 19.4 Å². The molecule has 0 radical (unpaired) electrons. The lowest BCUT2D eigenvalue weighted by atomic mass is 9.84. The molecule has 0 amide bonds. The summed E-state index contributed by atoms with van der Waals surface area (Å²) in [6.45, 7) is 3.80. The number of benzene rings is 1. The molecule has 0 aliphatic heterocycles. The summed E-state index contributed by atoms with van der Waals surface area (Å²) in [7, 11) is 0. The molecule has 2 heterocycles. The lowest BCUT2D eigenvalue weighted by molar-refractivity contribution is 0.0235. The minimum atomic E-state index is -1.34. The van der Waals surface area contributed by atoms with Crippen LogP contribution in [0.2, 0.25) is 10.0 Å². The second-order valence-electron chi connectivity index (χ2n) is 5.43. The Kier molecular flexibility index (Phi) is 3.80. The van der Waals surface area contributed by atoms with Crippen LogP contribution >= 0.6 is 23.2 Å².